The second-order valence-corrected chi connectivity index (χ2v) is 8.83. The van der Waals surface area contributed by atoms with Crippen molar-refractivity contribution in [3.63, 3.8) is 0 Å². The number of rotatable bonds is 5. The number of carbonyl (C=O) groups is 1. The van der Waals surface area contributed by atoms with Gasteiger partial charge in [-0.1, -0.05) is 30.3 Å². The molecule has 1 fully saturated rings. The molecular formula is C20H24N2O4S. The second-order valence-electron chi connectivity index (χ2n) is 6.81. The maximum atomic E-state index is 12.1. The Morgan fingerprint density at radius 1 is 1.07 bits per heavy atom. The third-order valence-corrected chi connectivity index (χ3v) is 5.75. The first-order chi connectivity index (χ1) is 12.9. The number of carbonyl (C=O) groups excluding carboxylic acids is 1. The molecule has 0 radical (unpaired) electrons. The SMILES string of the molecule is CS(=O)(=O)c1ccc(OC(=O)NC2CCN(Cc3ccccc3)CC2)cc1. The lowest BCUT2D eigenvalue weighted by molar-refractivity contribution is 0.169. The van der Waals surface area contributed by atoms with Crippen LogP contribution in [0.1, 0.15) is 18.4 Å². The Morgan fingerprint density at radius 3 is 2.30 bits per heavy atom. The highest BCUT2D eigenvalue weighted by Crippen LogP contribution is 2.17. The van der Waals surface area contributed by atoms with Gasteiger partial charge in [0.15, 0.2) is 9.84 Å². The molecule has 1 amide bonds. The lowest BCUT2D eigenvalue weighted by Crippen LogP contribution is -2.45. The maximum absolute atomic E-state index is 12.1. The predicted octanol–water partition coefficient (Wildman–Crippen LogP) is 2.84. The molecule has 1 saturated heterocycles. The van der Waals surface area contributed by atoms with Gasteiger partial charge in [-0.25, -0.2) is 13.2 Å². The van der Waals surface area contributed by atoms with Crippen LogP contribution in [0.15, 0.2) is 59.5 Å². The van der Waals surface area contributed by atoms with Crippen molar-refractivity contribution in [2.75, 3.05) is 19.3 Å². The Balaban J connectivity index is 1.44. The average Bonchev–Trinajstić information content (AvgIpc) is 2.64. The third kappa shape index (κ3) is 5.80. The second kappa shape index (κ2) is 8.54. The average molecular weight is 388 g/mol. The Labute approximate surface area is 160 Å². The molecule has 0 spiro atoms. The summed E-state index contributed by atoms with van der Waals surface area (Å²) in [6.45, 7) is 2.76. The van der Waals surface area contributed by atoms with Gasteiger partial charge in [0.25, 0.3) is 0 Å². The fourth-order valence-corrected chi connectivity index (χ4v) is 3.77. The molecule has 1 heterocycles. The van der Waals surface area contributed by atoms with Crippen LogP contribution in [0.4, 0.5) is 4.79 Å². The van der Waals surface area contributed by atoms with Crippen molar-refractivity contribution in [3.05, 3.63) is 60.2 Å². The first-order valence-corrected chi connectivity index (χ1v) is 10.8. The Kier molecular flexibility index (Phi) is 6.13. The Morgan fingerprint density at radius 2 is 1.70 bits per heavy atom. The summed E-state index contributed by atoms with van der Waals surface area (Å²) in [7, 11) is -3.26. The topological polar surface area (TPSA) is 75.7 Å². The number of hydrogen-bond donors (Lipinski definition) is 1. The van der Waals surface area contributed by atoms with Crippen molar-refractivity contribution in [1.82, 2.24) is 10.2 Å². The van der Waals surface area contributed by atoms with Crippen molar-refractivity contribution < 1.29 is 17.9 Å². The number of benzene rings is 2. The quantitative estimate of drug-likeness (QED) is 0.852. The Hall–Kier alpha value is -2.38. The van der Waals surface area contributed by atoms with E-state index in [9.17, 15) is 13.2 Å². The van der Waals surface area contributed by atoms with E-state index in [4.69, 9.17) is 4.74 Å². The molecule has 27 heavy (non-hydrogen) atoms. The molecule has 7 heteroatoms. The normalized spacial score (nSPS) is 16.0. The van der Waals surface area contributed by atoms with Gasteiger partial charge in [-0.2, -0.15) is 0 Å². The van der Waals surface area contributed by atoms with Crippen LogP contribution in [0.25, 0.3) is 0 Å². The molecule has 0 aliphatic carbocycles. The van der Waals surface area contributed by atoms with E-state index < -0.39 is 15.9 Å². The third-order valence-electron chi connectivity index (χ3n) is 4.62. The van der Waals surface area contributed by atoms with Crippen molar-refractivity contribution in [1.29, 1.82) is 0 Å². The lowest BCUT2D eigenvalue weighted by atomic mass is 10.0. The van der Waals surface area contributed by atoms with Crippen LogP contribution in [-0.4, -0.2) is 44.8 Å². The van der Waals surface area contributed by atoms with Gasteiger partial charge in [0.05, 0.1) is 4.90 Å². The molecule has 0 aromatic heterocycles. The molecule has 0 bridgehead atoms. The van der Waals surface area contributed by atoms with Crippen LogP contribution in [-0.2, 0) is 16.4 Å². The molecule has 3 rings (SSSR count). The van der Waals surface area contributed by atoms with Crippen LogP contribution < -0.4 is 10.1 Å². The van der Waals surface area contributed by atoms with Gasteiger partial charge >= 0.3 is 6.09 Å². The largest absolute Gasteiger partial charge is 0.412 e. The summed E-state index contributed by atoms with van der Waals surface area (Å²) < 4.78 is 28.1. The highest BCUT2D eigenvalue weighted by atomic mass is 32.2. The number of likely N-dealkylation sites (tertiary alicyclic amines) is 1. The summed E-state index contributed by atoms with van der Waals surface area (Å²) in [5.41, 5.74) is 1.29. The highest BCUT2D eigenvalue weighted by Gasteiger charge is 2.21. The monoisotopic (exact) mass is 388 g/mol. The van der Waals surface area contributed by atoms with Crippen LogP contribution in [0.2, 0.25) is 0 Å². The van der Waals surface area contributed by atoms with E-state index >= 15 is 0 Å². The van der Waals surface area contributed by atoms with Crippen molar-refractivity contribution in [2.45, 2.75) is 30.3 Å². The van der Waals surface area contributed by atoms with Gasteiger partial charge in [-0.3, -0.25) is 4.90 Å². The number of piperidine rings is 1. The molecule has 1 N–H and O–H groups in total. The number of amides is 1. The molecule has 0 saturated carbocycles. The first-order valence-electron chi connectivity index (χ1n) is 8.95. The summed E-state index contributed by atoms with van der Waals surface area (Å²) in [6, 6.07) is 16.3. The molecule has 2 aromatic rings. The van der Waals surface area contributed by atoms with Gasteiger partial charge in [0.1, 0.15) is 5.75 Å². The van der Waals surface area contributed by atoms with Crippen molar-refractivity contribution >= 4 is 15.9 Å². The smallest absolute Gasteiger partial charge is 0.410 e. The molecule has 144 valence electrons. The maximum Gasteiger partial charge on any atom is 0.412 e. The van der Waals surface area contributed by atoms with E-state index in [-0.39, 0.29) is 10.9 Å². The fraction of sp³-hybridized carbons (Fsp3) is 0.350. The van der Waals surface area contributed by atoms with E-state index in [2.05, 4.69) is 22.3 Å². The Bertz CT molecular complexity index is 859. The number of sulfone groups is 1. The lowest BCUT2D eigenvalue weighted by Gasteiger charge is -2.32. The minimum Gasteiger partial charge on any atom is -0.410 e. The molecule has 1 aliphatic rings. The summed E-state index contributed by atoms with van der Waals surface area (Å²) in [5, 5.41) is 2.89. The predicted molar refractivity (Wildman–Crippen MR) is 103 cm³/mol. The van der Waals surface area contributed by atoms with Crippen LogP contribution in [0.5, 0.6) is 5.75 Å². The number of nitrogens with one attached hydrogen (secondary N) is 1. The van der Waals surface area contributed by atoms with Crippen molar-refractivity contribution in [2.24, 2.45) is 0 Å². The van der Waals surface area contributed by atoms with Gasteiger partial charge in [-0.15, -0.1) is 0 Å². The van der Waals surface area contributed by atoms with Gasteiger partial charge in [0, 0.05) is 31.9 Å². The zero-order valence-electron chi connectivity index (χ0n) is 15.3. The summed E-state index contributed by atoms with van der Waals surface area (Å²) >= 11 is 0. The number of nitrogens with zero attached hydrogens (tertiary/aromatic N) is 1. The molecule has 1 aliphatic heterocycles. The van der Waals surface area contributed by atoms with E-state index in [0.29, 0.717) is 5.75 Å². The minimum atomic E-state index is -3.26. The molecule has 0 atom stereocenters. The first kappa shape index (κ1) is 19.4. The standard InChI is InChI=1S/C20H24N2O4S/c1-27(24,25)19-9-7-18(8-10-19)26-20(23)21-17-11-13-22(14-12-17)15-16-5-3-2-4-6-16/h2-10,17H,11-15H2,1H3,(H,21,23). The summed E-state index contributed by atoms with van der Waals surface area (Å²) in [5.74, 6) is 0.321. The molecule has 6 nitrogen and oxygen atoms in total. The summed E-state index contributed by atoms with van der Waals surface area (Å²) in [4.78, 5) is 14.6. The van der Waals surface area contributed by atoms with Gasteiger partial charge in [-0.05, 0) is 42.7 Å². The van der Waals surface area contributed by atoms with E-state index in [1.807, 2.05) is 18.2 Å². The number of ether oxygens (including phenoxy) is 1. The van der Waals surface area contributed by atoms with E-state index in [1.54, 1.807) is 0 Å². The van der Waals surface area contributed by atoms with Crippen LogP contribution >= 0.6 is 0 Å². The highest BCUT2D eigenvalue weighted by molar-refractivity contribution is 7.90. The zero-order chi connectivity index (χ0) is 19.3. The summed E-state index contributed by atoms with van der Waals surface area (Å²) in [6.07, 6.45) is 2.37. The van der Waals surface area contributed by atoms with E-state index in [0.717, 1.165) is 38.7 Å². The fourth-order valence-electron chi connectivity index (χ4n) is 3.14. The van der Waals surface area contributed by atoms with Crippen molar-refractivity contribution in [3.8, 4) is 5.75 Å². The van der Waals surface area contributed by atoms with Gasteiger partial charge in [0.2, 0.25) is 0 Å². The van der Waals surface area contributed by atoms with E-state index in [1.165, 1.54) is 29.8 Å². The van der Waals surface area contributed by atoms with Crippen LogP contribution in [0.3, 0.4) is 0 Å². The van der Waals surface area contributed by atoms with Crippen LogP contribution in [0, 0.1) is 0 Å². The molecular weight excluding hydrogens is 364 g/mol. The number of hydrogen-bond acceptors (Lipinski definition) is 5. The zero-order valence-corrected chi connectivity index (χ0v) is 16.1. The minimum absolute atomic E-state index is 0.0832. The molecule has 0 unspecified atom stereocenters. The molecule has 2 aromatic carbocycles. The van der Waals surface area contributed by atoms with Gasteiger partial charge < -0.3 is 10.1 Å².